The standard InChI is InChI=1S/C32H52F3N5O6S/c1-16(2)21(27(44)46-31(8,9)32(33,34)35)38-28(45)37-19(29(3,4)5)15-40-14-18-20(30(18,6)7)22(40)25(43)39-26(23(41)24(36)42)47-13-12-17-10-11-17/h16-22,26H,10-15H2,1-9H3,(H2,36,42)(H,39,43)(H2,37,38,45)/t18-,19+,20-,21-,22-,26?/m0/s1. The number of hydrogen-bond donors (Lipinski definition) is 4. The molecule has 47 heavy (non-hydrogen) atoms. The van der Waals surface area contributed by atoms with Crippen molar-refractivity contribution in [3.05, 3.63) is 0 Å². The number of thioether (sulfide) groups is 1. The molecule has 0 bridgehead atoms. The first kappa shape index (κ1) is 38.9. The number of nitrogens with one attached hydrogen (secondary N) is 3. The quantitative estimate of drug-likeness (QED) is 0.115. The summed E-state index contributed by atoms with van der Waals surface area (Å²) in [4.78, 5) is 66.3. The summed E-state index contributed by atoms with van der Waals surface area (Å²) in [5.74, 6) is -2.78. The number of nitrogens with zero attached hydrogens (tertiary/aromatic N) is 1. The zero-order chi connectivity index (χ0) is 35.9. The number of carbonyl (C=O) groups is 5. The highest BCUT2D eigenvalue weighted by molar-refractivity contribution is 8.00. The molecule has 2 aliphatic carbocycles. The van der Waals surface area contributed by atoms with Crippen molar-refractivity contribution in [2.45, 2.75) is 117 Å². The SMILES string of the molecule is CC(C)[C@H](NC(=O)N[C@H](CN1C[C@H]2[C@@H]([C@H]1C(=O)NC(SCCC1CC1)C(=O)C(N)=O)C2(C)C)C(C)(C)C)C(=O)OC(C)(C)C(F)(F)F. The second kappa shape index (κ2) is 14.1. The van der Waals surface area contributed by atoms with Crippen LogP contribution in [0.5, 0.6) is 0 Å². The van der Waals surface area contributed by atoms with E-state index < -0.39 is 76.2 Å². The van der Waals surface area contributed by atoms with Crippen LogP contribution >= 0.6 is 11.8 Å². The molecule has 1 aliphatic heterocycles. The molecule has 0 aromatic carbocycles. The fourth-order valence-corrected chi connectivity index (χ4v) is 7.31. The van der Waals surface area contributed by atoms with Crippen molar-refractivity contribution >= 4 is 41.4 Å². The highest BCUT2D eigenvalue weighted by Gasteiger charge is 2.68. The monoisotopic (exact) mass is 691 g/mol. The van der Waals surface area contributed by atoms with E-state index in [2.05, 4.69) is 29.8 Å². The van der Waals surface area contributed by atoms with Crippen LogP contribution in [-0.4, -0.2) is 88.6 Å². The molecular weight excluding hydrogens is 639 g/mol. The van der Waals surface area contributed by atoms with E-state index in [-0.39, 0.29) is 23.8 Å². The molecule has 0 aromatic heterocycles. The van der Waals surface area contributed by atoms with E-state index in [9.17, 15) is 37.1 Å². The third-order valence-electron chi connectivity index (χ3n) is 9.85. The van der Waals surface area contributed by atoms with E-state index >= 15 is 0 Å². The number of amides is 4. The molecule has 1 heterocycles. The number of esters is 1. The molecule has 0 aromatic rings. The van der Waals surface area contributed by atoms with Crippen LogP contribution in [0.2, 0.25) is 0 Å². The number of ether oxygens (including phenoxy) is 1. The Kier molecular flexibility index (Phi) is 11.7. The Morgan fingerprint density at radius 2 is 1.60 bits per heavy atom. The topological polar surface area (TPSA) is 160 Å². The van der Waals surface area contributed by atoms with Gasteiger partial charge in [0.1, 0.15) is 11.4 Å². The summed E-state index contributed by atoms with van der Waals surface area (Å²) in [6.45, 7) is 15.3. The van der Waals surface area contributed by atoms with Crippen LogP contribution in [0.1, 0.15) is 81.6 Å². The van der Waals surface area contributed by atoms with Crippen LogP contribution < -0.4 is 21.7 Å². The van der Waals surface area contributed by atoms with Crippen LogP contribution in [-0.2, 0) is 23.9 Å². The summed E-state index contributed by atoms with van der Waals surface area (Å²) in [5, 5.41) is 7.06. The average molecular weight is 692 g/mol. The number of urea groups is 1. The predicted octanol–water partition coefficient (Wildman–Crippen LogP) is 3.60. The van der Waals surface area contributed by atoms with Gasteiger partial charge in [-0.3, -0.25) is 19.3 Å². The van der Waals surface area contributed by atoms with E-state index in [1.165, 1.54) is 11.8 Å². The Hall–Kier alpha value is -2.55. The van der Waals surface area contributed by atoms with Gasteiger partial charge in [0, 0.05) is 19.1 Å². The van der Waals surface area contributed by atoms with Crippen LogP contribution in [0.25, 0.3) is 0 Å². The zero-order valence-electron chi connectivity index (χ0n) is 28.9. The molecule has 3 aliphatic rings. The first-order chi connectivity index (χ1) is 21.4. The Morgan fingerprint density at radius 1 is 1.00 bits per heavy atom. The van der Waals surface area contributed by atoms with Gasteiger partial charge >= 0.3 is 18.2 Å². The molecule has 268 valence electrons. The zero-order valence-corrected chi connectivity index (χ0v) is 29.7. The van der Waals surface area contributed by atoms with Gasteiger partial charge in [0.15, 0.2) is 0 Å². The number of ketones is 1. The second-order valence-electron chi connectivity index (χ2n) is 15.8. The van der Waals surface area contributed by atoms with Crippen molar-refractivity contribution < 1.29 is 41.9 Å². The number of alkyl halides is 3. The van der Waals surface area contributed by atoms with Gasteiger partial charge in [-0.15, -0.1) is 11.8 Å². The average Bonchev–Trinajstić information content (AvgIpc) is 3.77. The van der Waals surface area contributed by atoms with E-state index in [0.717, 1.165) is 33.1 Å². The molecule has 11 nitrogen and oxygen atoms in total. The van der Waals surface area contributed by atoms with Crippen molar-refractivity contribution in [1.82, 2.24) is 20.9 Å². The number of hydrogen-bond acceptors (Lipinski definition) is 8. The first-order valence-corrected chi connectivity index (χ1v) is 17.3. The molecule has 4 amide bonds. The maximum atomic E-state index is 13.9. The lowest BCUT2D eigenvalue weighted by Gasteiger charge is -2.39. The predicted molar refractivity (Wildman–Crippen MR) is 172 cm³/mol. The third kappa shape index (κ3) is 9.54. The van der Waals surface area contributed by atoms with E-state index in [4.69, 9.17) is 10.5 Å². The number of piperidine rings is 1. The van der Waals surface area contributed by atoms with Gasteiger partial charge in [-0.2, -0.15) is 13.2 Å². The minimum atomic E-state index is -4.81. The molecule has 2 saturated carbocycles. The summed E-state index contributed by atoms with van der Waals surface area (Å²) < 4.78 is 44.9. The number of likely N-dealkylation sites (tertiary alicyclic amines) is 1. The summed E-state index contributed by atoms with van der Waals surface area (Å²) in [5.41, 5.74) is 1.89. The number of nitrogens with two attached hydrogens (primary N) is 1. The van der Waals surface area contributed by atoms with Gasteiger partial charge in [-0.1, -0.05) is 61.3 Å². The summed E-state index contributed by atoms with van der Waals surface area (Å²) >= 11 is 1.20. The minimum absolute atomic E-state index is 0.0187. The maximum Gasteiger partial charge on any atom is 0.427 e. The summed E-state index contributed by atoms with van der Waals surface area (Å²) in [6.07, 6.45) is -1.65. The maximum absolute atomic E-state index is 13.9. The van der Waals surface area contributed by atoms with Gasteiger partial charge in [-0.05, 0) is 60.5 Å². The molecule has 15 heteroatoms. The Morgan fingerprint density at radius 3 is 2.09 bits per heavy atom. The smallest absolute Gasteiger partial charge is 0.427 e. The molecular formula is C32H52F3N5O6S. The van der Waals surface area contributed by atoms with Crippen molar-refractivity contribution in [3.63, 3.8) is 0 Å². The first-order valence-electron chi connectivity index (χ1n) is 16.2. The van der Waals surface area contributed by atoms with Gasteiger partial charge in [0.05, 0.1) is 6.04 Å². The molecule has 5 N–H and O–H groups in total. The van der Waals surface area contributed by atoms with E-state index in [1.807, 2.05) is 25.7 Å². The van der Waals surface area contributed by atoms with Crippen LogP contribution in [0.3, 0.4) is 0 Å². The Labute approximate surface area is 279 Å². The van der Waals surface area contributed by atoms with Gasteiger partial charge in [-0.25, -0.2) is 9.59 Å². The number of halogens is 3. The molecule has 3 fully saturated rings. The lowest BCUT2D eigenvalue weighted by Crippen LogP contribution is -2.60. The number of primary amides is 1. The van der Waals surface area contributed by atoms with Gasteiger partial charge in [0.25, 0.3) is 11.7 Å². The second-order valence-corrected chi connectivity index (χ2v) is 17.0. The lowest BCUT2D eigenvalue weighted by molar-refractivity contribution is -0.258. The van der Waals surface area contributed by atoms with Crippen LogP contribution in [0.15, 0.2) is 0 Å². The van der Waals surface area contributed by atoms with E-state index in [1.54, 1.807) is 13.8 Å². The largest absolute Gasteiger partial charge is 0.448 e. The van der Waals surface area contributed by atoms with Crippen LogP contribution in [0, 0.1) is 34.5 Å². The van der Waals surface area contributed by atoms with Crippen molar-refractivity contribution in [3.8, 4) is 0 Å². The van der Waals surface area contributed by atoms with E-state index in [0.29, 0.717) is 18.2 Å². The normalized spacial score (nSPS) is 24.5. The van der Waals surface area contributed by atoms with Crippen molar-refractivity contribution in [1.29, 1.82) is 0 Å². The van der Waals surface area contributed by atoms with Crippen LogP contribution in [0.4, 0.5) is 18.0 Å². The van der Waals surface area contributed by atoms with Gasteiger partial charge < -0.3 is 26.4 Å². The molecule has 1 unspecified atom stereocenters. The minimum Gasteiger partial charge on any atom is -0.448 e. The summed E-state index contributed by atoms with van der Waals surface area (Å²) in [7, 11) is 0. The Balaban J connectivity index is 1.74. The fourth-order valence-electron chi connectivity index (χ4n) is 6.14. The van der Waals surface area contributed by atoms with Crippen molar-refractivity contribution in [2.75, 3.05) is 18.8 Å². The highest BCUT2D eigenvalue weighted by Crippen LogP contribution is 2.65. The number of rotatable bonds is 15. The molecule has 0 spiro atoms. The third-order valence-corrected chi connectivity index (χ3v) is 11.0. The molecule has 0 radical (unpaired) electrons. The number of Topliss-reactive ketones (excluding diaryl/α,β-unsaturated/α-hetero) is 1. The lowest BCUT2D eigenvalue weighted by atomic mass is 9.85. The fraction of sp³-hybridized carbons (Fsp3) is 0.844. The molecule has 6 atom stereocenters. The Bertz CT molecular complexity index is 1220. The highest BCUT2D eigenvalue weighted by atomic mass is 32.2. The molecule has 3 rings (SSSR count). The van der Waals surface area contributed by atoms with Gasteiger partial charge in [0.2, 0.25) is 11.5 Å². The number of fused-ring (bicyclic) bond motifs is 1. The molecule has 1 saturated heterocycles. The summed E-state index contributed by atoms with van der Waals surface area (Å²) in [6, 6.07) is -3.33. The number of carbonyl (C=O) groups excluding carboxylic acids is 5. The van der Waals surface area contributed by atoms with Crippen molar-refractivity contribution in [2.24, 2.45) is 40.2 Å².